The number of imidazole rings is 1. The number of fused-ring (bicyclic) bond motifs is 1. The van der Waals surface area contributed by atoms with E-state index in [2.05, 4.69) is 9.97 Å². The normalized spacial score (nSPS) is 10.8. The van der Waals surface area contributed by atoms with Crippen LogP contribution in [0.1, 0.15) is 15.6 Å². The lowest BCUT2D eigenvalue weighted by atomic mass is 10.4. The first-order chi connectivity index (χ1) is 6.63. The Hall–Kier alpha value is -0.940. The number of thiocarbonyl (C=S) groups is 1. The number of hydrogen-bond donors (Lipinski definition) is 1. The van der Waals surface area contributed by atoms with Gasteiger partial charge in [0.2, 0.25) is 5.05 Å². The van der Waals surface area contributed by atoms with Crippen molar-refractivity contribution in [1.29, 1.82) is 0 Å². The smallest absolute Gasteiger partial charge is 0.203 e. The number of nitrogens with one attached hydrogen (secondary N) is 1. The summed E-state index contributed by atoms with van der Waals surface area (Å²) in [4.78, 5) is 9.72. The summed E-state index contributed by atoms with van der Waals surface area (Å²) in [6, 6.07) is 0. The summed E-state index contributed by atoms with van der Waals surface area (Å²) in [7, 11) is 1.59. The van der Waals surface area contributed by atoms with Crippen LogP contribution >= 0.6 is 23.6 Å². The van der Waals surface area contributed by atoms with E-state index in [4.69, 9.17) is 17.0 Å². The Morgan fingerprint density at radius 3 is 2.86 bits per heavy atom. The molecule has 3 nitrogen and oxygen atoms in total. The van der Waals surface area contributed by atoms with Gasteiger partial charge in [-0.1, -0.05) is 0 Å². The number of nitrogens with zero attached hydrogens (tertiary/aromatic N) is 1. The predicted octanol–water partition coefficient (Wildman–Crippen LogP) is 2.56. The second-order valence-electron chi connectivity index (χ2n) is 3.02. The predicted molar refractivity (Wildman–Crippen MR) is 62.2 cm³/mol. The number of thiophene rings is 1. The third-order valence-corrected chi connectivity index (χ3v) is 3.60. The molecule has 0 saturated heterocycles. The van der Waals surface area contributed by atoms with E-state index in [0.717, 1.165) is 21.7 Å². The molecule has 0 spiro atoms. The molecular weight excluding hydrogens is 216 g/mol. The summed E-state index contributed by atoms with van der Waals surface area (Å²) >= 11 is 6.73. The van der Waals surface area contributed by atoms with Crippen LogP contribution in [0.2, 0.25) is 0 Å². The Labute approximate surface area is 91.1 Å². The molecule has 2 aromatic heterocycles. The molecule has 0 amide bonds. The molecule has 0 aliphatic carbocycles. The molecule has 2 heterocycles. The molecule has 14 heavy (non-hydrogen) atoms. The average molecular weight is 226 g/mol. The van der Waals surface area contributed by atoms with Gasteiger partial charge in [-0.3, -0.25) is 0 Å². The minimum Gasteiger partial charge on any atom is -0.486 e. The van der Waals surface area contributed by atoms with Gasteiger partial charge in [-0.05, 0) is 26.1 Å². The third kappa shape index (κ3) is 1.33. The van der Waals surface area contributed by atoms with E-state index in [0.29, 0.717) is 5.05 Å². The van der Waals surface area contributed by atoms with Crippen molar-refractivity contribution in [1.82, 2.24) is 9.97 Å². The molecule has 0 aliphatic heterocycles. The second kappa shape index (κ2) is 3.33. The fraction of sp³-hybridized carbons (Fsp3) is 0.333. The van der Waals surface area contributed by atoms with Crippen molar-refractivity contribution in [2.45, 2.75) is 13.8 Å². The molecule has 0 aliphatic rings. The number of ether oxygens (including phenoxy) is 1. The highest BCUT2D eigenvalue weighted by molar-refractivity contribution is 7.80. The van der Waals surface area contributed by atoms with Gasteiger partial charge in [0.15, 0.2) is 0 Å². The summed E-state index contributed by atoms with van der Waals surface area (Å²) < 4.78 is 5.06. The van der Waals surface area contributed by atoms with Gasteiger partial charge >= 0.3 is 0 Å². The fourth-order valence-corrected chi connectivity index (χ4v) is 2.59. The number of H-pyrrole nitrogens is 1. The van der Waals surface area contributed by atoms with E-state index in [1.165, 1.54) is 4.88 Å². The number of rotatable bonds is 1. The molecule has 0 unspecified atom stereocenters. The summed E-state index contributed by atoms with van der Waals surface area (Å²) in [6.07, 6.45) is 0. The maximum absolute atomic E-state index is 5.11. The number of aryl methyl sites for hydroxylation is 2. The number of hydrogen-bond acceptors (Lipinski definition) is 4. The highest BCUT2D eigenvalue weighted by Crippen LogP contribution is 2.29. The molecule has 0 bridgehead atoms. The monoisotopic (exact) mass is 226 g/mol. The molecule has 0 aromatic carbocycles. The van der Waals surface area contributed by atoms with Gasteiger partial charge in [0.05, 0.1) is 12.6 Å². The standard InChI is InChI=1S/C9H10N2OS2/c1-4-6-7(11-5(2)10-6)8(14-4)9(13)12-3/h1-3H3,(H,10,11). The van der Waals surface area contributed by atoms with Crippen LogP contribution < -0.4 is 0 Å². The van der Waals surface area contributed by atoms with E-state index in [1.807, 2.05) is 13.8 Å². The summed E-state index contributed by atoms with van der Waals surface area (Å²) in [5.74, 6) is 0.908. The maximum Gasteiger partial charge on any atom is 0.203 e. The van der Waals surface area contributed by atoms with Crippen molar-refractivity contribution in [2.24, 2.45) is 0 Å². The summed E-state index contributed by atoms with van der Waals surface area (Å²) in [5.41, 5.74) is 2.00. The van der Waals surface area contributed by atoms with E-state index in [1.54, 1.807) is 18.4 Å². The Balaban J connectivity index is 2.71. The molecule has 1 N–H and O–H groups in total. The molecular formula is C9H10N2OS2. The van der Waals surface area contributed by atoms with Crippen LogP contribution in [0.15, 0.2) is 0 Å². The first-order valence-corrected chi connectivity index (χ1v) is 5.40. The van der Waals surface area contributed by atoms with Crippen molar-refractivity contribution in [3.8, 4) is 0 Å². The van der Waals surface area contributed by atoms with Crippen LogP contribution in [-0.2, 0) is 4.74 Å². The Kier molecular flexibility index (Phi) is 2.28. The van der Waals surface area contributed by atoms with E-state index >= 15 is 0 Å². The van der Waals surface area contributed by atoms with Crippen molar-refractivity contribution in [2.75, 3.05) is 7.11 Å². The van der Waals surface area contributed by atoms with Crippen LogP contribution in [0.3, 0.4) is 0 Å². The molecule has 0 radical (unpaired) electrons. The first kappa shape index (κ1) is 9.61. The van der Waals surface area contributed by atoms with E-state index in [9.17, 15) is 0 Å². The lowest BCUT2D eigenvalue weighted by Gasteiger charge is -1.96. The molecule has 0 fully saturated rings. The Morgan fingerprint density at radius 2 is 2.21 bits per heavy atom. The van der Waals surface area contributed by atoms with Crippen LogP contribution in [-0.4, -0.2) is 22.1 Å². The molecule has 2 rings (SSSR count). The quantitative estimate of drug-likeness (QED) is 0.759. The van der Waals surface area contributed by atoms with Gasteiger partial charge in [-0.25, -0.2) is 4.98 Å². The van der Waals surface area contributed by atoms with Crippen LogP contribution in [0, 0.1) is 13.8 Å². The molecule has 5 heteroatoms. The van der Waals surface area contributed by atoms with Gasteiger partial charge in [0, 0.05) is 4.88 Å². The van der Waals surface area contributed by atoms with E-state index < -0.39 is 0 Å². The fourth-order valence-electron chi connectivity index (χ4n) is 1.40. The minimum atomic E-state index is 0.525. The van der Waals surface area contributed by atoms with Crippen molar-refractivity contribution in [3.63, 3.8) is 0 Å². The molecule has 0 atom stereocenters. The van der Waals surface area contributed by atoms with Crippen molar-refractivity contribution in [3.05, 3.63) is 15.6 Å². The molecule has 2 aromatic rings. The Bertz CT molecular complexity index is 498. The van der Waals surface area contributed by atoms with Crippen LogP contribution in [0.5, 0.6) is 0 Å². The average Bonchev–Trinajstić information content (AvgIpc) is 2.65. The first-order valence-electron chi connectivity index (χ1n) is 4.17. The lowest BCUT2D eigenvalue weighted by molar-refractivity contribution is 0.417. The van der Waals surface area contributed by atoms with Gasteiger partial charge in [-0.15, -0.1) is 11.3 Å². The zero-order chi connectivity index (χ0) is 10.3. The summed E-state index contributed by atoms with van der Waals surface area (Å²) in [6.45, 7) is 3.97. The Morgan fingerprint density at radius 1 is 1.50 bits per heavy atom. The number of aromatic nitrogens is 2. The van der Waals surface area contributed by atoms with Crippen molar-refractivity contribution < 1.29 is 4.74 Å². The number of methoxy groups -OCH3 is 1. The minimum absolute atomic E-state index is 0.525. The second-order valence-corrected chi connectivity index (χ2v) is 4.62. The van der Waals surface area contributed by atoms with Crippen LogP contribution in [0.25, 0.3) is 11.0 Å². The summed E-state index contributed by atoms with van der Waals surface area (Å²) in [5, 5.41) is 0.525. The van der Waals surface area contributed by atoms with Gasteiger partial charge in [0.1, 0.15) is 16.2 Å². The SMILES string of the molecule is COC(=S)c1sc(C)c2nc(C)[nH]c12. The van der Waals surface area contributed by atoms with Gasteiger partial charge in [0.25, 0.3) is 0 Å². The zero-order valence-electron chi connectivity index (χ0n) is 8.17. The zero-order valence-corrected chi connectivity index (χ0v) is 9.80. The molecule has 0 saturated carbocycles. The third-order valence-electron chi connectivity index (χ3n) is 2.01. The number of aromatic amines is 1. The molecule has 74 valence electrons. The van der Waals surface area contributed by atoms with Crippen molar-refractivity contribution >= 4 is 39.6 Å². The van der Waals surface area contributed by atoms with Gasteiger partial charge < -0.3 is 9.72 Å². The maximum atomic E-state index is 5.11. The van der Waals surface area contributed by atoms with E-state index in [-0.39, 0.29) is 0 Å². The highest BCUT2D eigenvalue weighted by Gasteiger charge is 2.15. The van der Waals surface area contributed by atoms with Gasteiger partial charge in [-0.2, -0.15) is 0 Å². The highest BCUT2D eigenvalue weighted by atomic mass is 32.1. The van der Waals surface area contributed by atoms with Crippen LogP contribution in [0.4, 0.5) is 0 Å². The topological polar surface area (TPSA) is 37.9 Å². The lowest BCUT2D eigenvalue weighted by Crippen LogP contribution is -1.96. The largest absolute Gasteiger partial charge is 0.486 e.